The highest BCUT2D eigenvalue weighted by molar-refractivity contribution is 7.89. The number of hydrogen-bond donors (Lipinski definition) is 3. The Morgan fingerprint density at radius 1 is 1.19 bits per heavy atom. The molecular formula is C17H19N5O4S. The van der Waals surface area contributed by atoms with Crippen LogP contribution in [0.25, 0.3) is 11.4 Å². The fraction of sp³-hybridized carbons (Fsp3) is 0.294. The quantitative estimate of drug-likeness (QED) is 0.606. The summed E-state index contributed by atoms with van der Waals surface area (Å²) in [6.45, 7) is 0. The molecule has 1 saturated carbocycles. The number of carbonyl (C=O) groups is 2. The van der Waals surface area contributed by atoms with Gasteiger partial charge in [-0.15, -0.1) is 0 Å². The van der Waals surface area contributed by atoms with Gasteiger partial charge in [-0.25, -0.2) is 18.4 Å². The molecule has 9 nitrogen and oxygen atoms in total. The lowest BCUT2D eigenvalue weighted by molar-refractivity contribution is -0.132. The number of carbonyl (C=O) groups excluding carboxylic acids is 2. The van der Waals surface area contributed by atoms with Crippen LogP contribution in [0, 0.1) is 5.41 Å². The van der Waals surface area contributed by atoms with Gasteiger partial charge in [-0.05, 0) is 37.1 Å². The molecule has 3 rings (SSSR count). The molecule has 5 N–H and O–H groups in total. The van der Waals surface area contributed by atoms with Gasteiger partial charge in [-0.2, -0.15) is 0 Å². The smallest absolute Gasteiger partial charge is 0.240 e. The van der Waals surface area contributed by atoms with Gasteiger partial charge in [0.25, 0.3) is 0 Å². The molecule has 27 heavy (non-hydrogen) atoms. The van der Waals surface area contributed by atoms with Gasteiger partial charge in [0.2, 0.25) is 11.8 Å². The van der Waals surface area contributed by atoms with Crippen LogP contribution in [0.3, 0.4) is 0 Å². The summed E-state index contributed by atoms with van der Waals surface area (Å²) in [6.07, 6.45) is 2.01. The van der Waals surface area contributed by atoms with Crippen LogP contribution in [0.5, 0.6) is 0 Å². The van der Waals surface area contributed by atoms with Crippen molar-refractivity contribution in [2.45, 2.75) is 18.6 Å². The highest BCUT2D eigenvalue weighted by Crippen LogP contribution is 2.46. The molecule has 1 aromatic carbocycles. The largest absolute Gasteiger partial charge is 0.384 e. The van der Waals surface area contributed by atoms with Gasteiger partial charge in [0.1, 0.15) is 11.2 Å². The van der Waals surface area contributed by atoms with E-state index in [9.17, 15) is 18.0 Å². The highest BCUT2D eigenvalue weighted by atomic mass is 32.2. The van der Waals surface area contributed by atoms with Crippen molar-refractivity contribution >= 4 is 33.2 Å². The van der Waals surface area contributed by atoms with E-state index >= 15 is 0 Å². The second kappa shape index (κ2) is 6.62. The third-order valence-electron chi connectivity index (χ3n) is 4.27. The molecule has 142 valence electrons. The highest BCUT2D eigenvalue weighted by Gasteiger charge is 2.55. The SMILES string of the molecule is CS(=O)(=O)Cc1cc(N)nc(-c2ccc(NC(=O)C3(C(N)=O)CC3)cc2)n1. The minimum atomic E-state index is -3.26. The minimum absolute atomic E-state index is 0.160. The van der Waals surface area contributed by atoms with Gasteiger partial charge in [0, 0.05) is 23.6 Å². The number of aromatic nitrogens is 2. The Labute approximate surface area is 156 Å². The van der Waals surface area contributed by atoms with E-state index in [0.29, 0.717) is 29.8 Å². The lowest BCUT2D eigenvalue weighted by atomic mass is 10.1. The maximum absolute atomic E-state index is 12.2. The van der Waals surface area contributed by atoms with E-state index in [0.717, 1.165) is 6.26 Å². The van der Waals surface area contributed by atoms with Crippen molar-refractivity contribution in [2.24, 2.45) is 11.1 Å². The molecule has 0 bridgehead atoms. The Balaban J connectivity index is 1.79. The van der Waals surface area contributed by atoms with Crippen LogP contribution in [0.4, 0.5) is 11.5 Å². The van der Waals surface area contributed by atoms with Crippen LogP contribution in [0.15, 0.2) is 30.3 Å². The average molecular weight is 389 g/mol. The number of nitrogen functional groups attached to an aromatic ring is 1. The van der Waals surface area contributed by atoms with Gasteiger partial charge < -0.3 is 16.8 Å². The first-order valence-electron chi connectivity index (χ1n) is 8.12. The van der Waals surface area contributed by atoms with Gasteiger partial charge in [-0.1, -0.05) is 0 Å². The zero-order valence-electron chi connectivity index (χ0n) is 14.6. The van der Waals surface area contributed by atoms with Crippen molar-refractivity contribution < 1.29 is 18.0 Å². The Morgan fingerprint density at radius 2 is 1.81 bits per heavy atom. The van der Waals surface area contributed by atoms with E-state index in [1.54, 1.807) is 24.3 Å². The molecule has 0 atom stereocenters. The summed E-state index contributed by atoms with van der Waals surface area (Å²) in [7, 11) is -3.26. The Kier molecular flexibility index (Phi) is 4.60. The van der Waals surface area contributed by atoms with Crippen LogP contribution in [-0.2, 0) is 25.2 Å². The van der Waals surface area contributed by atoms with Crippen molar-refractivity contribution in [1.82, 2.24) is 9.97 Å². The Hall–Kier alpha value is -3.01. The summed E-state index contributed by atoms with van der Waals surface area (Å²) < 4.78 is 22.9. The molecule has 1 fully saturated rings. The molecule has 0 radical (unpaired) electrons. The van der Waals surface area contributed by atoms with E-state index in [-0.39, 0.29) is 17.4 Å². The number of benzene rings is 1. The summed E-state index contributed by atoms with van der Waals surface area (Å²) in [5, 5.41) is 2.67. The fourth-order valence-electron chi connectivity index (χ4n) is 2.65. The molecule has 1 aliphatic carbocycles. The Bertz CT molecular complexity index is 1010. The molecule has 0 unspecified atom stereocenters. The van der Waals surface area contributed by atoms with Gasteiger partial charge in [0.05, 0.1) is 11.4 Å². The van der Waals surface area contributed by atoms with Crippen LogP contribution in [0.2, 0.25) is 0 Å². The van der Waals surface area contributed by atoms with Gasteiger partial charge >= 0.3 is 0 Å². The number of nitrogens with one attached hydrogen (secondary N) is 1. The van der Waals surface area contributed by atoms with E-state index in [1.165, 1.54) is 6.07 Å². The number of amides is 2. The fourth-order valence-corrected chi connectivity index (χ4v) is 3.34. The molecular weight excluding hydrogens is 370 g/mol. The number of hydrogen-bond acceptors (Lipinski definition) is 7. The summed E-state index contributed by atoms with van der Waals surface area (Å²) in [4.78, 5) is 32.0. The van der Waals surface area contributed by atoms with Crippen LogP contribution >= 0.6 is 0 Å². The topological polar surface area (TPSA) is 158 Å². The first kappa shape index (κ1) is 18.8. The molecule has 2 amide bonds. The average Bonchev–Trinajstić information content (AvgIpc) is 3.35. The summed E-state index contributed by atoms with van der Waals surface area (Å²) >= 11 is 0. The predicted molar refractivity (Wildman–Crippen MR) is 99.9 cm³/mol. The van der Waals surface area contributed by atoms with E-state index in [1.807, 2.05) is 0 Å². The standard InChI is InChI=1S/C17H19N5O4S/c1-27(25,26)9-12-8-13(18)22-14(20-12)10-2-4-11(5-3-10)21-16(24)17(6-7-17)15(19)23/h2-5,8H,6-7,9H2,1H3,(H2,19,23)(H,21,24)(H2,18,20,22). The molecule has 1 aliphatic rings. The number of anilines is 2. The van der Waals surface area contributed by atoms with Crippen LogP contribution in [0.1, 0.15) is 18.5 Å². The maximum atomic E-state index is 12.2. The molecule has 2 aromatic rings. The van der Waals surface area contributed by atoms with Crippen molar-refractivity contribution in [3.8, 4) is 11.4 Å². The lowest BCUT2D eigenvalue weighted by Crippen LogP contribution is -2.36. The summed E-state index contributed by atoms with van der Waals surface area (Å²) in [5.41, 5.74) is 11.3. The van der Waals surface area contributed by atoms with Crippen LogP contribution < -0.4 is 16.8 Å². The third kappa shape index (κ3) is 4.22. The molecule has 0 aliphatic heterocycles. The molecule has 1 aromatic heterocycles. The summed E-state index contributed by atoms with van der Waals surface area (Å²) in [6, 6.07) is 8.01. The monoisotopic (exact) mass is 389 g/mol. The van der Waals surface area contributed by atoms with E-state index in [2.05, 4.69) is 15.3 Å². The number of nitrogens with two attached hydrogens (primary N) is 2. The molecule has 1 heterocycles. The van der Waals surface area contributed by atoms with Crippen molar-refractivity contribution in [3.05, 3.63) is 36.0 Å². The third-order valence-corrected chi connectivity index (χ3v) is 5.09. The van der Waals surface area contributed by atoms with Gasteiger partial charge in [0.15, 0.2) is 15.7 Å². The number of primary amides is 1. The zero-order valence-corrected chi connectivity index (χ0v) is 15.4. The predicted octanol–water partition coefficient (Wildman–Crippen LogP) is 0.474. The maximum Gasteiger partial charge on any atom is 0.240 e. The first-order valence-corrected chi connectivity index (χ1v) is 10.2. The van der Waals surface area contributed by atoms with E-state index in [4.69, 9.17) is 11.5 Å². The number of rotatable bonds is 6. The zero-order chi connectivity index (χ0) is 19.8. The van der Waals surface area contributed by atoms with Crippen LogP contribution in [-0.4, -0.2) is 36.5 Å². The van der Waals surface area contributed by atoms with Crippen molar-refractivity contribution in [3.63, 3.8) is 0 Å². The number of nitrogens with zero attached hydrogens (tertiary/aromatic N) is 2. The van der Waals surface area contributed by atoms with Crippen molar-refractivity contribution in [1.29, 1.82) is 0 Å². The lowest BCUT2D eigenvalue weighted by Gasteiger charge is -2.12. The second-order valence-electron chi connectivity index (χ2n) is 6.66. The molecule has 0 spiro atoms. The molecule has 0 saturated heterocycles. The van der Waals surface area contributed by atoms with Gasteiger partial charge in [-0.3, -0.25) is 9.59 Å². The normalized spacial score (nSPS) is 15.1. The minimum Gasteiger partial charge on any atom is -0.384 e. The molecule has 10 heteroatoms. The second-order valence-corrected chi connectivity index (χ2v) is 8.80. The Morgan fingerprint density at radius 3 is 2.33 bits per heavy atom. The number of sulfone groups is 1. The summed E-state index contributed by atoms with van der Waals surface area (Å²) in [5.74, 6) is -0.840. The first-order chi connectivity index (χ1) is 12.6. The van der Waals surface area contributed by atoms with Crippen molar-refractivity contribution in [2.75, 3.05) is 17.3 Å². The van der Waals surface area contributed by atoms with E-state index < -0.39 is 27.1 Å².